The molecule has 2 N–H and O–H groups in total. The minimum atomic E-state index is -0.335. The maximum absolute atomic E-state index is 11.1. The molecule has 0 spiro atoms. The predicted octanol–water partition coefficient (Wildman–Crippen LogP) is 0.441. The van der Waals surface area contributed by atoms with E-state index in [-0.39, 0.29) is 24.2 Å². The summed E-state index contributed by atoms with van der Waals surface area (Å²) in [5, 5.41) is 12.8. The Morgan fingerprint density at radius 1 is 1.50 bits per heavy atom. The van der Waals surface area contributed by atoms with E-state index in [4.69, 9.17) is 0 Å². The molecular formula is C10H19NO3. The number of carbonyl (C=O) groups excluding carboxylic acids is 1. The maximum atomic E-state index is 11.1. The Hall–Kier alpha value is -0.610. The van der Waals surface area contributed by atoms with Gasteiger partial charge in [-0.3, -0.25) is 10.1 Å². The largest absolute Gasteiger partial charge is 0.468 e. The molecular weight excluding hydrogens is 182 g/mol. The van der Waals surface area contributed by atoms with Gasteiger partial charge in [-0.2, -0.15) is 0 Å². The monoisotopic (exact) mass is 201 g/mol. The van der Waals surface area contributed by atoms with Crippen LogP contribution in [-0.4, -0.2) is 36.4 Å². The lowest BCUT2D eigenvalue weighted by Crippen LogP contribution is -2.49. The van der Waals surface area contributed by atoms with Crippen LogP contribution in [0.5, 0.6) is 0 Å². The summed E-state index contributed by atoms with van der Waals surface area (Å²) < 4.78 is 4.61. The Morgan fingerprint density at radius 2 is 2.14 bits per heavy atom. The molecule has 0 bridgehead atoms. The molecule has 1 rings (SSSR count). The van der Waals surface area contributed by atoms with E-state index in [1.165, 1.54) is 7.11 Å². The van der Waals surface area contributed by atoms with Gasteiger partial charge in [-0.25, -0.2) is 0 Å². The molecule has 3 atom stereocenters. The number of carbonyl (C=O) groups is 1. The van der Waals surface area contributed by atoms with Gasteiger partial charge >= 0.3 is 5.97 Å². The molecule has 0 heterocycles. The number of aliphatic hydroxyl groups is 1. The molecule has 1 aliphatic carbocycles. The Bertz CT molecular complexity index is 196. The quantitative estimate of drug-likeness (QED) is 0.651. The fourth-order valence-corrected chi connectivity index (χ4v) is 1.87. The first-order valence-corrected chi connectivity index (χ1v) is 5.17. The van der Waals surface area contributed by atoms with Crippen molar-refractivity contribution in [3.8, 4) is 0 Å². The van der Waals surface area contributed by atoms with Crippen molar-refractivity contribution >= 4 is 5.97 Å². The number of rotatable bonds is 3. The van der Waals surface area contributed by atoms with Crippen molar-refractivity contribution in [3.63, 3.8) is 0 Å². The minimum absolute atomic E-state index is 0.0397. The third kappa shape index (κ3) is 2.96. The Balaban J connectivity index is 2.38. The van der Waals surface area contributed by atoms with Crippen molar-refractivity contribution < 1.29 is 14.6 Å². The maximum Gasteiger partial charge on any atom is 0.322 e. The van der Waals surface area contributed by atoms with Crippen LogP contribution in [-0.2, 0) is 9.53 Å². The molecule has 0 aromatic heterocycles. The minimum Gasteiger partial charge on any atom is -0.468 e. The number of hydrogen-bond donors (Lipinski definition) is 2. The van der Waals surface area contributed by atoms with Gasteiger partial charge in [-0.1, -0.05) is 12.8 Å². The number of esters is 1. The fourth-order valence-electron chi connectivity index (χ4n) is 1.87. The van der Waals surface area contributed by atoms with Gasteiger partial charge in [0.05, 0.1) is 13.2 Å². The second-order valence-corrected chi connectivity index (χ2v) is 3.87. The van der Waals surface area contributed by atoms with Crippen LogP contribution in [0.2, 0.25) is 0 Å². The summed E-state index contributed by atoms with van der Waals surface area (Å²) in [6, 6.07) is -0.296. The highest BCUT2D eigenvalue weighted by Crippen LogP contribution is 2.18. The molecule has 82 valence electrons. The van der Waals surface area contributed by atoms with Crippen LogP contribution in [0.4, 0.5) is 0 Å². The first-order valence-electron chi connectivity index (χ1n) is 5.17. The normalized spacial score (nSPS) is 29.6. The van der Waals surface area contributed by atoms with Gasteiger partial charge in [-0.05, 0) is 19.8 Å². The first-order chi connectivity index (χ1) is 6.65. The average molecular weight is 201 g/mol. The molecule has 0 radical (unpaired) electrons. The second-order valence-electron chi connectivity index (χ2n) is 3.87. The van der Waals surface area contributed by atoms with Crippen LogP contribution in [0.25, 0.3) is 0 Å². The lowest BCUT2D eigenvalue weighted by molar-refractivity contribution is -0.143. The van der Waals surface area contributed by atoms with Crippen molar-refractivity contribution in [2.75, 3.05) is 7.11 Å². The summed E-state index contributed by atoms with van der Waals surface area (Å²) in [7, 11) is 1.37. The molecule has 1 unspecified atom stereocenters. The van der Waals surface area contributed by atoms with Crippen molar-refractivity contribution in [1.29, 1.82) is 0 Å². The van der Waals surface area contributed by atoms with Crippen molar-refractivity contribution in [2.45, 2.75) is 50.8 Å². The number of aliphatic hydroxyl groups excluding tert-OH is 1. The zero-order valence-electron chi connectivity index (χ0n) is 8.82. The molecule has 0 saturated heterocycles. The lowest BCUT2D eigenvalue weighted by atomic mass is 9.92. The molecule has 14 heavy (non-hydrogen) atoms. The SMILES string of the molecule is COC(=O)C(C)N[C@@H]1CCCC[C@H]1O. The van der Waals surface area contributed by atoms with E-state index < -0.39 is 0 Å². The van der Waals surface area contributed by atoms with Gasteiger partial charge in [0.2, 0.25) is 0 Å². The fraction of sp³-hybridized carbons (Fsp3) is 0.900. The van der Waals surface area contributed by atoms with Gasteiger partial charge in [0.25, 0.3) is 0 Å². The highest BCUT2D eigenvalue weighted by atomic mass is 16.5. The molecule has 4 nitrogen and oxygen atoms in total. The van der Waals surface area contributed by atoms with Crippen LogP contribution in [0, 0.1) is 0 Å². The summed E-state index contributed by atoms with van der Waals surface area (Å²) in [6.45, 7) is 1.76. The smallest absolute Gasteiger partial charge is 0.322 e. The summed E-state index contributed by atoms with van der Waals surface area (Å²) in [6.07, 6.45) is 3.62. The highest BCUT2D eigenvalue weighted by molar-refractivity contribution is 5.75. The zero-order chi connectivity index (χ0) is 10.6. The van der Waals surface area contributed by atoms with Crippen LogP contribution < -0.4 is 5.32 Å². The second kappa shape index (κ2) is 5.32. The van der Waals surface area contributed by atoms with Crippen LogP contribution in [0.15, 0.2) is 0 Å². The topological polar surface area (TPSA) is 58.6 Å². The summed E-state index contributed by atoms with van der Waals surface area (Å²) in [4.78, 5) is 11.1. The van der Waals surface area contributed by atoms with E-state index >= 15 is 0 Å². The molecule has 4 heteroatoms. The van der Waals surface area contributed by atoms with Gasteiger partial charge in [-0.15, -0.1) is 0 Å². The van der Waals surface area contributed by atoms with Crippen LogP contribution >= 0.6 is 0 Å². The Kier molecular flexibility index (Phi) is 4.35. The molecule has 0 aliphatic heterocycles. The van der Waals surface area contributed by atoms with E-state index in [1.807, 2.05) is 0 Å². The molecule has 1 fully saturated rings. The number of nitrogens with one attached hydrogen (secondary N) is 1. The predicted molar refractivity (Wildman–Crippen MR) is 52.9 cm³/mol. The number of ether oxygens (including phenoxy) is 1. The molecule has 0 amide bonds. The van der Waals surface area contributed by atoms with Crippen LogP contribution in [0.1, 0.15) is 32.6 Å². The first kappa shape index (κ1) is 11.5. The van der Waals surface area contributed by atoms with E-state index in [0.717, 1.165) is 25.7 Å². The molecule has 1 aliphatic rings. The number of methoxy groups -OCH3 is 1. The van der Waals surface area contributed by atoms with Gasteiger partial charge in [0, 0.05) is 6.04 Å². The van der Waals surface area contributed by atoms with Crippen molar-refractivity contribution in [2.24, 2.45) is 0 Å². The van der Waals surface area contributed by atoms with E-state index in [9.17, 15) is 9.90 Å². The number of hydrogen-bond acceptors (Lipinski definition) is 4. The summed E-state index contributed by atoms with van der Waals surface area (Å²) in [5.41, 5.74) is 0. The zero-order valence-corrected chi connectivity index (χ0v) is 8.82. The van der Waals surface area contributed by atoms with Crippen molar-refractivity contribution in [3.05, 3.63) is 0 Å². The third-order valence-corrected chi connectivity index (χ3v) is 2.75. The Labute approximate surface area is 84.6 Å². The summed E-state index contributed by atoms with van der Waals surface area (Å²) in [5.74, 6) is -0.275. The molecule has 0 aromatic rings. The highest BCUT2D eigenvalue weighted by Gasteiger charge is 2.26. The Morgan fingerprint density at radius 3 is 2.71 bits per heavy atom. The summed E-state index contributed by atoms with van der Waals surface area (Å²) >= 11 is 0. The third-order valence-electron chi connectivity index (χ3n) is 2.75. The van der Waals surface area contributed by atoms with E-state index in [0.29, 0.717) is 0 Å². The van der Waals surface area contributed by atoms with E-state index in [1.54, 1.807) is 6.92 Å². The molecule has 1 saturated carbocycles. The standard InChI is InChI=1S/C10H19NO3/c1-7(10(13)14-2)11-8-5-3-4-6-9(8)12/h7-9,11-12H,3-6H2,1-2H3/t7?,8-,9-/m1/s1. The lowest BCUT2D eigenvalue weighted by Gasteiger charge is -2.30. The van der Waals surface area contributed by atoms with E-state index in [2.05, 4.69) is 10.1 Å². The van der Waals surface area contributed by atoms with Gasteiger partial charge in [0.1, 0.15) is 6.04 Å². The van der Waals surface area contributed by atoms with Crippen LogP contribution in [0.3, 0.4) is 0 Å². The van der Waals surface area contributed by atoms with Gasteiger partial charge < -0.3 is 9.84 Å². The van der Waals surface area contributed by atoms with Crippen molar-refractivity contribution in [1.82, 2.24) is 5.32 Å². The van der Waals surface area contributed by atoms with Gasteiger partial charge in [0.15, 0.2) is 0 Å². The average Bonchev–Trinajstić information content (AvgIpc) is 2.20. The molecule has 0 aromatic carbocycles.